The van der Waals surface area contributed by atoms with Crippen LogP contribution in [0.15, 0.2) is 42.6 Å². The molecule has 1 aromatic carbocycles. The van der Waals surface area contributed by atoms with Gasteiger partial charge in [0.25, 0.3) is 5.91 Å². The zero-order valence-electron chi connectivity index (χ0n) is 12.2. The molecule has 0 aliphatic heterocycles. The molecule has 0 aliphatic rings. The smallest absolute Gasteiger partial charge is 0.257 e. The molecule has 1 heterocycles. The van der Waals surface area contributed by atoms with Crippen molar-refractivity contribution in [3.8, 4) is 0 Å². The third kappa shape index (κ3) is 3.44. The fourth-order valence-corrected chi connectivity index (χ4v) is 1.94. The van der Waals surface area contributed by atoms with Crippen molar-refractivity contribution < 1.29 is 4.79 Å². The lowest BCUT2D eigenvalue weighted by molar-refractivity contribution is 0.102. The van der Waals surface area contributed by atoms with Gasteiger partial charge in [0.15, 0.2) is 0 Å². The molecule has 104 valence electrons. The van der Waals surface area contributed by atoms with Crippen molar-refractivity contribution in [1.29, 1.82) is 0 Å². The molecule has 1 N–H and O–H groups in total. The highest BCUT2D eigenvalue weighted by molar-refractivity contribution is 6.04. The molecule has 3 heteroatoms. The fourth-order valence-electron chi connectivity index (χ4n) is 1.94. The van der Waals surface area contributed by atoms with Crippen LogP contribution < -0.4 is 5.32 Å². The lowest BCUT2D eigenvalue weighted by atomic mass is 9.98. The molecular formula is C17H20N2O. The molecular weight excluding hydrogens is 248 g/mol. The third-order valence-electron chi connectivity index (χ3n) is 3.52. The summed E-state index contributed by atoms with van der Waals surface area (Å²) in [6, 6.07) is 11.6. The first-order valence-corrected chi connectivity index (χ1v) is 6.94. The first-order chi connectivity index (χ1) is 9.60. The van der Waals surface area contributed by atoms with E-state index in [-0.39, 0.29) is 5.91 Å². The van der Waals surface area contributed by atoms with E-state index >= 15 is 0 Å². The van der Waals surface area contributed by atoms with Crippen LogP contribution in [0.5, 0.6) is 0 Å². The highest BCUT2D eigenvalue weighted by atomic mass is 16.1. The Bertz CT molecular complexity index is 573. The summed E-state index contributed by atoms with van der Waals surface area (Å²) in [4.78, 5) is 16.2. The fraction of sp³-hybridized carbons (Fsp3) is 0.294. The van der Waals surface area contributed by atoms with Crippen molar-refractivity contribution in [3.05, 3.63) is 59.4 Å². The number of amides is 1. The summed E-state index contributed by atoms with van der Waals surface area (Å²) in [6.07, 6.45) is 2.71. The van der Waals surface area contributed by atoms with Crippen molar-refractivity contribution in [2.45, 2.75) is 33.1 Å². The van der Waals surface area contributed by atoms with Crippen LogP contribution in [-0.2, 0) is 0 Å². The Morgan fingerprint density at radius 1 is 1.20 bits per heavy atom. The maximum absolute atomic E-state index is 12.0. The van der Waals surface area contributed by atoms with Crippen LogP contribution in [0.4, 0.5) is 5.69 Å². The summed E-state index contributed by atoms with van der Waals surface area (Å²) in [5.74, 6) is 0.412. The number of anilines is 1. The summed E-state index contributed by atoms with van der Waals surface area (Å²) < 4.78 is 0. The molecule has 0 fully saturated rings. The van der Waals surface area contributed by atoms with Gasteiger partial charge >= 0.3 is 0 Å². The van der Waals surface area contributed by atoms with Crippen LogP contribution >= 0.6 is 0 Å². The molecule has 1 aromatic heterocycles. The van der Waals surface area contributed by atoms with E-state index < -0.39 is 0 Å². The second kappa shape index (κ2) is 6.33. The third-order valence-corrected chi connectivity index (χ3v) is 3.52. The van der Waals surface area contributed by atoms with Crippen molar-refractivity contribution in [3.63, 3.8) is 0 Å². The van der Waals surface area contributed by atoms with Gasteiger partial charge in [0, 0.05) is 17.6 Å². The minimum atomic E-state index is -0.131. The second-order valence-corrected chi connectivity index (χ2v) is 5.07. The number of nitrogens with one attached hydrogen (secondary N) is 1. The highest BCUT2D eigenvalue weighted by Crippen LogP contribution is 2.20. The van der Waals surface area contributed by atoms with Gasteiger partial charge in [-0.25, -0.2) is 0 Å². The Hall–Kier alpha value is -2.16. The van der Waals surface area contributed by atoms with Crippen molar-refractivity contribution in [1.82, 2.24) is 4.98 Å². The average molecular weight is 268 g/mol. The normalized spacial score (nSPS) is 11.9. The SMILES string of the molecule is CC[C@H](C)c1ccc(NC(=O)c2ccc(C)nc2)cc1. The molecule has 1 atom stereocenters. The number of nitrogens with zero attached hydrogens (tertiary/aromatic N) is 1. The molecule has 0 aliphatic carbocycles. The largest absolute Gasteiger partial charge is 0.322 e. The average Bonchev–Trinajstić information content (AvgIpc) is 2.48. The Morgan fingerprint density at radius 2 is 1.90 bits per heavy atom. The number of hydrogen-bond acceptors (Lipinski definition) is 2. The summed E-state index contributed by atoms with van der Waals surface area (Å²) >= 11 is 0. The molecule has 20 heavy (non-hydrogen) atoms. The molecule has 0 saturated carbocycles. The first kappa shape index (κ1) is 14.3. The van der Waals surface area contributed by atoms with Gasteiger partial charge in [-0.05, 0) is 49.1 Å². The number of carbonyl (C=O) groups is 1. The summed E-state index contributed by atoms with van der Waals surface area (Å²) in [7, 11) is 0. The standard InChI is InChI=1S/C17H20N2O/c1-4-12(2)14-7-9-16(10-8-14)19-17(20)15-6-5-13(3)18-11-15/h5-12H,4H2,1-3H3,(H,19,20)/t12-/m0/s1. The predicted octanol–water partition coefficient (Wildman–Crippen LogP) is 4.16. The molecule has 3 nitrogen and oxygen atoms in total. The summed E-state index contributed by atoms with van der Waals surface area (Å²) in [5.41, 5.74) is 3.58. The highest BCUT2D eigenvalue weighted by Gasteiger charge is 2.07. The van der Waals surface area contributed by atoms with Gasteiger partial charge < -0.3 is 5.32 Å². The lowest BCUT2D eigenvalue weighted by Gasteiger charge is -2.10. The molecule has 0 saturated heterocycles. The number of rotatable bonds is 4. The number of benzene rings is 1. The van der Waals surface area contributed by atoms with Gasteiger partial charge in [-0.1, -0.05) is 26.0 Å². The van der Waals surface area contributed by atoms with E-state index in [0.29, 0.717) is 11.5 Å². The Labute approximate surface area is 120 Å². The monoisotopic (exact) mass is 268 g/mol. The summed E-state index contributed by atoms with van der Waals surface area (Å²) in [6.45, 7) is 6.27. The minimum absolute atomic E-state index is 0.131. The van der Waals surface area contributed by atoms with Crippen LogP contribution in [0, 0.1) is 6.92 Å². The van der Waals surface area contributed by atoms with E-state index in [1.165, 1.54) is 5.56 Å². The van der Waals surface area contributed by atoms with E-state index in [0.717, 1.165) is 17.8 Å². The van der Waals surface area contributed by atoms with Crippen LogP contribution in [0.25, 0.3) is 0 Å². The Balaban J connectivity index is 2.06. The molecule has 1 amide bonds. The van der Waals surface area contributed by atoms with E-state index in [2.05, 4.69) is 36.3 Å². The number of aryl methyl sites for hydroxylation is 1. The van der Waals surface area contributed by atoms with Gasteiger partial charge in [-0.3, -0.25) is 9.78 Å². The number of carbonyl (C=O) groups excluding carboxylic acids is 1. The number of hydrogen-bond donors (Lipinski definition) is 1. The van der Waals surface area contributed by atoms with E-state index in [9.17, 15) is 4.79 Å². The molecule has 2 aromatic rings. The maximum atomic E-state index is 12.0. The Kier molecular flexibility index (Phi) is 4.51. The van der Waals surface area contributed by atoms with Crippen LogP contribution in [0.2, 0.25) is 0 Å². The number of pyridine rings is 1. The second-order valence-electron chi connectivity index (χ2n) is 5.07. The lowest BCUT2D eigenvalue weighted by Crippen LogP contribution is -2.12. The van der Waals surface area contributed by atoms with Gasteiger partial charge in [0.05, 0.1) is 5.56 Å². The predicted molar refractivity (Wildman–Crippen MR) is 82.1 cm³/mol. The maximum Gasteiger partial charge on any atom is 0.257 e. The van der Waals surface area contributed by atoms with Gasteiger partial charge in [0.2, 0.25) is 0 Å². The van der Waals surface area contributed by atoms with Crippen LogP contribution in [0.1, 0.15) is 47.8 Å². The van der Waals surface area contributed by atoms with Crippen molar-refractivity contribution in [2.24, 2.45) is 0 Å². The van der Waals surface area contributed by atoms with Crippen molar-refractivity contribution in [2.75, 3.05) is 5.32 Å². The topological polar surface area (TPSA) is 42.0 Å². The van der Waals surface area contributed by atoms with Crippen LogP contribution in [0.3, 0.4) is 0 Å². The van der Waals surface area contributed by atoms with E-state index in [1.54, 1.807) is 12.3 Å². The van der Waals surface area contributed by atoms with Gasteiger partial charge in [-0.15, -0.1) is 0 Å². The number of aromatic nitrogens is 1. The molecule has 0 bridgehead atoms. The zero-order chi connectivity index (χ0) is 14.5. The molecule has 0 unspecified atom stereocenters. The quantitative estimate of drug-likeness (QED) is 0.904. The zero-order valence-corrected chi connectivity index (χ0v) is 12.2. The molecule has 2 rings (SSSR count). The summed E-state index contributed by atoms with van der Waals surface area (Å²) in [5, 5.41) is 2.88. The van der Waals surface area contributed by atoms with Gasteiger partial charge in [-0.2, -0.15) is 0 Å². The van der Waals surface area contributed by atoms with Gasteiger partial charge in [0.1, 0.15) is 0 Å². The molecule has 0 radical (unpaired) electrons. The van der Waals surface area contributed by atoms with E-state index in [1.807, 2.05) is 25.1 Å². The van der Waals surface area contributed by atoms with Crippen molar-refractivity contribution >= 4 is 11.6 Å². The van der Waals surface area contributed by atoms with Crippen LogP contribution in [-0.4, -0.2) is 10.9 Å². The Morgan fingerprint density at radius 3 is 2.45 bits per heavy atom. The first-order valence-electron chi connectivity index (χ1n) is 6.94. The van der Waals surface area contributed by atoms with E-state index in [4.69, 9.17) is 0 Å². The minimum Gasteiger partial charge on any atom is -0.322 e. The molecule has 0 spiro atoms.